The van der Waals surface area contributed by atoms with Crippen molar-refractivity contribution in [1.29, 1.82) is 0 Å². The zero-order valence-corrected chi connectivity index (χ0v) is 20.0. The van der Waals surface area contributed by atoms with Gasteiger partial charge in [-0.05, 0) is 61.4 Å². The normalized spacial score (nSPS) is 13.8. The summed E-state index contributed by atoms with van der Waals surface area (Å²) in [5.74, 6) is -0.867. The minimum absolute atomic E-state index is 0.111. The van der Waals surface area contributed by atoms with Gasteiger partial charge in [0.1, 0.15) is 5.82 Å². The lowest BCUT2D eigenvalue weighted by molar-refractivity contribution is -0.122. The first kappa shape index (κ1) is 23.0. The highest BCUT2D eigenvalue weighted by Crippen LogP contribution is 2.33. The number of nitrogens with one attached hydrogen (secondary N) is 2. The number of carbonyl (C=O) groups is 1. The minimum Gasteiger partial charge on any atom is -0.382 e. The first-order chi connectivity index (χ1) is 17.1. The van der Waals surface area contributed by atoms with Crippen molar-refractivity contribution in [3.63, 3.8) is 0 Å². The number of hydrogen-bond acceptors (Lipinski definition) is 3. The number of rotatable bonds is 7. The average molecular weight is 468 g/mol. The van der Waals surface area contributed by atoms with Crippen LogP contribution in [0.15, 0.2) is 72.8 Å². The fraction of sp³-hybridized carbons (Fsp3) is 0.267. The van der Waals surface area contributed by atoms with Gasteiger partial charge in [-0.3, -0.25) is 9.78 Å². The minimum atomic E-state index is -0.441. The topological polar surface area (TPSA) is 54.0 Å². The maximum atomic E-state index is 14.8. The standard InChI is InChI=1S/C30H30FN3O/c1-20(22-15-16-23(26(31)19-22)21-9-3-2-4-10-21)30(35)33-18-17-32-29-24-11-5-7-13-27(24)34-28-14-8-6-12-25(28)29/h2-5,7,9-11,13,15-16,19-20H,6,8,12,14,17-18H2,1H3,(H,32,34)(H,33,35). The lowest BCUT2D eigenvalue weighted by Crippen LogP contribution is -2.32. The Kier molecular flexibility index (Phi) is 6.75. The van der Waals surface area contributed by atoms with E-state index in [2.05, 4.69) is 22.8 Å². The highest BCUT2D eigenvalue weighted by atomic mass is 19.1. The number of amides is 1. The third-order valence-electron chi connectivity index (χ3n) is 6.87. The summed E-state index contributed by atoms with van der Waals surface area (Å²) >= 11 is 0. The van der Waals surface area contributed by atoms with Crippen molar-refractivity contribution in [2.24, 2.45) is 0 Å². The molecule has 35 heavy (non-hydrogen) atoms. The zero-order valence-electron chi connectivity index (χ0n) is 20.0. The Morgan fingerprint density at radius 3 is 2.57 bits per heavy atom. The Hall–Kier alpha value is -3.73. The molecule has 1 aliphatic rings. The predicted octanol–water partition coefficient (Wildman–Crippen LogP) is 6.25. The monoisotopic (exact) mass is 467 g/mol. The van der Waals surface area contributed by atoms with Crippen LogP contribution in [-0.4, -0.2) is 24.0 Å². The van der Waals surface area contributed by atoms with Gasteiger partial charge in [0, 0.05) is 35.4 Å². The fourth-order valence-corrected chi connectivity index (χ4v) is 4.90. The van der Waals surface area contributed by atoms with E-state index in [1.807, 2.05) is 55.5 Å². The van der Waals surface area contributed by atoms with Crippen molar-refractivity contribution in [3.05, 3.63) is 95.4 Å². The van der Waals surface area contributed by atoms with Crippen molar-refractivity contribution in [2.75, 3.05) is 18.4 Å². The molecule has 0 spiro atoms. The summed E-state index contributed by atoms with van der Waals surface area (Å²) in [5.41, 5.74) is 6.69. The highest BCUT2D eigenvalue weighted by Gasteiger charge is 2.19. The molecule has 0 fully saturated rings. The number of benzene rings is 3. The first-order valence-corrected chi connectivity index (χ1v) is 12.4. The Labute approximate surface area is 205 Å². The second-order valence-electron chi connectivity index (χ2n) is 9.18. The van der Waals surface area contributed by atoms with E-state index in [9.17, 15) is 9.18 Å². The van der Waals surface area contributed by atoms with Crippen LogP contribution in [0.25, 0.3) is 22.0 Å². The van der Waals surface area contributed by atoms with Crippen molar-refractivity contribution >= 4 is 22.5 Å². The molecule has 2 N–H and O–H groups in total. The van der Waals surface area contributed by atoms with Gasteiger partial charge in [-0.25, -0.2) is 4.39 Å². The molecule has 1 heterocycles. The van der Waals surface area contributed by atoms with Crippen LogP contribution in [0, 0.1) is 5.82 Å². The van der Waals surface area contributed by atoms with E-state index in [1.165, 1.54) is 30.2 Å². The Balaban J connectivity index is 1.23. The Bertz CT molecular complexity index is 1350. The third kappa shape index (κ3) is 4.90. The molecule has 1 unspecified atom stereocenters. The molecule has 0 saturated heterocycles. The Morgan fingerprint density at radius 2 is 1.74 bits per heavy atom. The number of para-hydroxylation sites is 1. The van der Waals surface area contributed by atoms with Crippen LogP contribution in [0.1, 0.15) is 42.5 Å². The van der Waals surface area contributed by atoms with Gasteiger partial charge in [-0.1, -0.05) is 60.7 Å². The average Bonchev–Trinajstić information content (AvgIpc) is 2.90. The summed E-state index contributed by atoms with van der Waals surface area (Å²) < 4.78 is 14.8. The smallest absolute Gasteiger partial charge is 0.227 e. The zero-order chi connectivity index (χ0) is 24.2. The quantitative estimate of drug-likeness (QED) is 0.316. The van der Waals surface area contributed by atoms with Gasteiger partial charge >= 0.3 is 0 Å². The molecule has 5 rings (SSSR count). The maximum absolute atomic E-state index is 14.8. The van der Waals surface area contributed by atoms with Gasteiger partial charge in [-0.15, -0.1) is 0 Å². The van der Waals surface area contributed by atoms with Crippen LogP contribution in [0.4, 0.5) is 10.1 Å². The SMILES string of the molecule is CC(C(=O)NCCNc1c2c(nc3ccccc13)CCCC2)c1ccc(-c2ccccc2)c(F)c1. The summed E-state index contributed by atoms with van der Waals surface area (Å²) in [4.78, 5) is 17.7. The number of halogens is 1. The maximum Gasteiger partial charge on any atom is 0.227 e. The largest absolute Gasteiger partial charge is 0.382 e. The molecule has 0 radical (unpaired) electrons. The van der Waals surface area contributed by atoms with E-state index < -0.39 is 5.92 Å². The van der Waals surface area contributed by atoms with E-state index >= 15 is 0 Å². The number of carbonyl (C=O) groups excluding carboxylic acids is 1. The summed E-state index contributed by atoms with van der Waals surface area (Å²) in [5, 5.41) is 7.70. The molecule has 4 aromatic rings. The summed E-state index contributed by atoms with van der Waals surface area (Å²) in [6.45, 7) is 2.91. The van der Waals surface area contributed by atoms with Crippen molar-refractivity contribution in [2.45, 2.75) is 38.5 Å². The van der Waals surface area contributed by atoms with E-state index in [1.54, 1.807) is 6.07 Å². The molecule has 178 valence electrons. The molecule has 3 aromatic carbocycles. The van der Waals surface area contributed by atoms with Gasteiger partial charge < -0.3 is 10.6 Å². The molecule has 0 saturated carbocycles. The van der Waals surface area contributed by atoms with Gasteiger partial charge in [-0.2, -0.15) is 0 Å². The number of pyridine rings is 1. The van der Waals surface area contributed by atoms with Gasteiger partial charge in [0.15, 0.2) is 0 Å². The van der Waals surface area contributed by atoms with Crippen molar-refractivity contribution < 1.29 is 9.18 Å². The van der Waals surface area contributed by atoms with Gasteiger partial charge in [0.05, 0.1) is 11.4 Å². The number of aryl methyl sites for hydroxylation is 1. The van der Waals surface area contributed by atoms with Crippen LogP contribution in [0.2, 0.25) is 0 Å². The molecule has 4 nitrogen and oxygen atoms in total. The van der Waals surface area contributed by atoms with Gasteiger partial charge in [0.2, 0.25) is 5.91 Å². The van der Waals surface area contributed by atoms with Crippen LogP contribution < -0.4 is 10.6 Å². The summed E-state index contributed by atoms with van der Waals surface area (Å²) in [6, 6.07) is 22.7. The van der Waals surface area contributed by atoms with E-state index in [-0.39, 0.29) is 11.7 Å². The Morgan fingerprint density at radius 1 is 0.971 bits per heavy atom. The van der Waals surface area contributed by atoms with E-state index in [0.29, 0.717) is 24.2 Å². The molecule has 5 heteroatoms. The number of aromatic nitrogens is 1. The third-order valence-corrected chi connectivity index (χ3v) is 6.87. The van der Waals surface area contributed by atoms with Crippen LogP contribution in [-0.2, 0) is 17.6 Å². The van der Waals surface area contributed by atoms with E-state index in [4.69, 9.17) is 4.98 Å². The molecule has 0 aliphatic heterocycles. The molecule has 1 amide bonds. The molecule has 0 bridgehead atoms. The lowest BCUT2D eigenvalue weighted by Gasteiger charge is -2.22. The molecule has 1 atom stereocenters. The van der Waals surface area contributed by atoms with Crippen LogP contribution in [0.3, 0.4) is 0 Å². The predicted molar refractivity (Wildman–Crippen MR) is 140 cm³/mol. The highest BCUT2D eigenvalue weighted by molar-refractivity contribution is 5.93. The number of anilines is 1. The molecule has 1 aliphatic carbocycles. The van der Waals surface area contributed by atoms with Crippen LogP contribution >= 0.6 is 0 Å². The number of fused-ring (bicyclic) bond motifs is 2. The van der Waals surface area contributed by atoms with Crippen molar-refractivity contribution in [3.8, 4) is 11.1 Å². The van der Waals surface area contributed by atoms with Crippen LogP contribution in [0.5, 0.6) is 0 Å². The molecule has 1 aromatic heterocycles. The van der Waals surface area contributed by atoms with Gasteiger partial charge in [0.25, 0.3) is 0 Å². The second kappa shape index (κ2) is 10.3. The fourth-order valence-electron chi connectivity index (χ4n) is 4.90. The first-order valence-electron chi connectivity index (χ1n) is 12.4. The summed E-state index contributed by atoms with van der Waals surface area (Å²) in [7, 11) is 0. The molecular formula is C30H30FN3O. The number of hydrogen-bond donors (Lipinski definition) is 2. The number of nitrogens with zero attached hydrogens (tertiary/aromatic N) is 1. The summed E-state index contributed by atoms with van der Waals surface area (Å²) in [6.07, 6.45) is 4.40. The van der Waals surface area contributed by atoms with Crippen molar-refractivity contribution in [1.82, 2.24) is 10.3 Å². The van der Waals surface area contributed by atoms with E-state index in [0.717, 1.165) is 35.0 Å². The lowest BCUT2D eigenvalue weighted by atomic mass is 9.92. The second-order valence-corrected chi connectivity index (χ2v) is 9.18. The molecular weight excluding hydrogens is 437 g/mol.